The van der Waals surface area contributed by atoms with Gasteiger partial charge in [0.15, 0.2) is 5.76 Å². The SMILES string of the molecule is CC=C(C)C=C(CC(C)C)C(=CC)OOC. The molecule has 0 aromatic rings. The minimum Gasteiger partial charge on any atom is -0.338 e. The fourth-order valence-corrected chi connectivity index (χ4v) is 1.41. The minimum absolute atomic E-state index is 0.589. The van der Waals surface area contributed by atoms with Crippen molar-refractivity contribution in [2.45, 2.75) is 41.0 Å². The molecule has 2 heteroatoms. The van der Waals surface area contributed by atoms with Crippen LogP contribution in [0, 0.1) is 5.92 Å². The zero-order chi connectivity index (χ0) is 12.6. The van der Waals surface area contributed by atoms with Crippen LogP contribution in [0.2, 0.25) is 0 Å². The van der Waals surface area contributed by atoms with Crippen LogP contribution in [0.15, 0.2) is 35.1 Å². The van der Waals surface area contributed by atoms with Crippen LogP contribution in [0.1, 0.15) is 41.0 Å². The summed E-state index contributed by atoms with van der Waals surface area (Å²) in [6.07, 6.45) is 7.14. The van der Waals surface area contributed by atoms with Crippen LogP contribution in [-0.2, 0) is 9.78 Å². The Kier molecular flexibility index (Phi) is 7.65. The molecule has 0 aromatic heterocycles. The number of hydrogen-bond acceptors (Lipinski definition) is 2. The summed E-state index contributed by atoms with van der Waals surface area (Å²) in [6, 6.07) is 0. The first-order valence-electron chi connectivity index (χ1n) is 5.75. The summed E-state index contributed by atoms with van der Waals surface area (Å²) in [6.45, 7) is 10.5. The second-order valence-corrected chi connectivity index (χ2v) is 4.20. The lowest BCUT2D eigenvalue weighted by Crippen LogP contribution is -2.00. The second kappa shape index (κ2) is 8.17. The van der Waals surface area contributed by atoms with Gasteiger partial charge < -0.3 is 4.89 Å². The Morgan fingerprint density at radius 1 is 1.19 bits per heavy atom. The zero-order valence-corrected chi connectivity index (χ0v) is 11.3. The van der Waals surface area contributed by atoms with Crippen molar-refractivity contribution < 1.29 is 9.78 Å². The van der Waals surface area contributed by atoms with E-state index in [1.54, 1.807) is 0 Å². The zero-order valence-electron chi connectivity index (χ0n) is 11.3. The third-order valence-electron chi connectivity index (χ3n) is 2.24. The molecule has 0 saturated heterocycles. The Balaban J connectivity index is 4.99. The van der Waals surface area contributed by atoms with Crippen LogP contribution >= 0.6 is 0 Å². The molecule has 0 heterocycles. The lowest BCUT2D eigenvalue weighted by Gasteiger charge is -2.13. The van der Waals surface area contributed by atoms with Gasteiger partial charge in [0.1, 0.15) is 0 Å². The summed E-state index contributed by atoms with van der Waals surface area (Å²) in [5.41, 5.74) is 2.41. The molecule has 0 N–H and O–H groups in total. The Hall–Kier alpha value is -1.02. The van der Waals surface area contributed by atoms with E-state index in [1.807, 2.05) is 19.9 Å². The van der Waals surface area contributed by atoms with Crippen molar-refractivity contribution in [2.24, 2.45) is 5.92 Å². The molecule has 0 amide bonds. The summed E-state index contributed by atoms with van der Waals surface area (Å²) in [4.78, 5) is 9.91. The van der Waals surface area contributed by atoms with E-state index in [0.29, 0.717) is 5.92 Å². The molecule has 0 radical (unpaired) electrons. The van der Waals surface area contributed by atoms with Crippen LogP contribution in [-0.4, -0.2) is 7.11 Å². The number of rotatable bonds is 6. The molecule has 0 aromatic carbocycles. The summed E-state index contributed by atoms with van der Waals surface area (Å²) in [7, 11) is 1.53. The summed E-state index contributed by atoms with van der Waals surface area (Å²) >= 11 is 0. The van der Waals surface area contributed by atoms with Gasteiger partial charge in [-0.05, 0) is 44.8 Å². The summed E-state index contributed by atoms with van der Waals surface area (Å²) in [5.74, 6) is 1.39. The third-order valence-corrected chi connectivity index (χ3v) is 2.24. The highest BCUT2D eigenvalue weighted by Gasteiger charge is 2.09. The van der Waals surface area contributed by atoms with E-state index >= 15 is 0 Å². The van der Waals surface area contributed by atoms with E-state index in [2.05, 4.69) is 32.9 Å². The average Bonchev–Trinajstić information content (AvgIpc) is 2.24. The van der Waals surface area contributed by atoms with Gasteiger partial charge in [-0.1, -0.05) is 31.6 Å². The number of allylic oxidation sites excluding steroid dienone is 5. The topological polar surface area (TPSA) is 18.5 Å². The highest BCUT2D eigenvalue weighted by atomic mass is 17.2. The molecular weight excluding hydrogens is 200 g/mol. The molecule has 0 aliphatic carbocycles. The van der Waals surface area contributed by atoms with Crippen molar-refractivity contribution in [1.82, 2.24) is 0 Å². The second-order valence-electron chi connectivity index (χ2n) is 4.20. The molecule has 16 heavy (non-hydrogen) atoms. The van der Waals surface area contributed by atoms with Crippen molar-refractivity contribution in [3.8, 4) is 0 Å². The Labute approximate surface area is 99.6 Å². The van der Waals surface area contributed by atoms with E-state index in [-0.39, 0.29) is 0 Å². The van der Waals surface area contributed by atoms with Crippen LogP contribution in [0.4, 0.5) is 0 Å². The Morgan fingerprint density at radius 2 is 1.81 bits per heavy atom. The molecule has 0 spiro atoms. The maximum absolute atomic E-state index is 5.17. The third kappa shape index (κ3) is 5.76. The van der Waals surface area contributed by atoms with Gasteiger partial charge in [0.2, 0.25) is 0 Å². The minimum atomic E-state index is 0.589. The smallest absolute Gasteiger partial charge is 0.164 e. The molecule has 0 atom stereocenters. The first-order valence-corrected chi connectivity index (χ1v) is 5.75. The summed E-state index contributed by atoms with van der Waals surface area (Å²) < 4.78 is 0. The first-order chi connectivity index (χ1) is 7.54. The van der Waals surface area contributed by atoms with Crippen molar-refractivity contribution in [1.29, 1.82) is 0 Å². The molecule has 92 valence electrons. The van der Waals surface area contributed by atoms with Gasteiger partial charge >= 0.3 is 0 Å². The van der Waals surface area contributed by atoms with Gasteiger partial charge in [0, 0.05) is 0 Å². The van der Waals surface area contributed by atoms with Crippen molar-refractivity contribution in [3.63, 3.8) is 0 Å². The Morgan fingerprint density at radius 3 is 2.19 bits per heavy atom. The van der Waals surface area contributed by atoms with Crippen molar-refractivity contribution in [3.05, 3.63) is 35.1 Å². The molecule has 0 rings (SSSR count). The standard InChI is InChI=1S/C14H24O2/c1-7-12(5)10-13(9-11(3)4)14(8-2)16-15-6/h7-8,10-11H,9H2,1-6H3. The van der Waals surface area contributed by atoms with E-state index in [9.17, 15) is 0 Å². The maximum Gasteiger partial charge on any atom is 0.164 e. The fraction of sp³-hybridized carbons (Fsp3) is 0.571. The molecule has 0 fully saturated rings. The molecule has 0 aliphatic heterocycles. The lowest BCUT2D eigenvalue weighted by atomic mass is 9.99. The normalized spacial score (nSPS) is 14.6. The first kappa shape index (κ1) is 15.0. The van der Waals surface area contributed by atoms with Crippen LogP contribution < -0.4 is 0 Å². The largest absolute Gasteiger partial charge is 0.338 e. The highest BCUT2D eigenvalue weighted by Crippen LogP contribution is 2.22. The van der Waals surface area contributed by atoms with Crippen LogP contribution in [0.5, 0.6) is 0 Å². The van der Waals surface area contributed by atoms with Gasteiger partial charge in [0.25, 0.3) is 0 Å². The van der Waals surface area contributed by atoms with Gasteiger partial charge in [0.05, 0.1) is 7.11 Å². The quantitative estimate of drug-likeness (QED) is 0.288. The van der Waals surface area contributed by atoms with Crippen LogP contribution in [0.3, 0.4) is 0 Å². The molecule has 0 unspecified atom stereocenters. The lowest BCUT2D eigenvalue weighted by molar-refractivity contribution is -0.234. The molecule has 0 bridgehead atoms. The fourth-order valence-electron chi connectivity index (χ4n) is 1.41. The van der Waals surface area contributed by atoms with Crippen molar-refractivity contribution >= 4 is 0 Å². The average molecular weight is 224 g/mol. The number of hydrogen-bond donors (Lipinski definition) is 0. The van der Waals surface area contributed by atoms with Crippen molar-refractivity contribution in [2.75, 3.05) is 7.11 Å². The van der Waals surface area contributed by atoms with Gasteiger partial charge in [-0.2, -0.15) is 4.89 Å². The predicted molar refractivity (Wildman–Crippen MR) is 68.8 cm³/mol. The highest BCUT2D eigenvalue weighted by molar-refractivity contribution is 5.32. The molecule has 0 aliphatic rings. The monoisotopic (exact) mass is 224 g/mol. The van der Waals surface area contributed by atoms with E-state index in [1.165, 1.54) is 18.3 Å². The van der Waals surface area contributed by atoms with Crippen LogP contribution in [0.25, 0.3) is 0 Å². The molecular formula is C14H24O2. The van der Waals surface area contributed by atoms with Gasteiger partial charge in [-0.15, -0.1) is 0 Å². The van der Waals surface area contributed by atoms with Gasteiger partial charge in [-0.3, -0.25) is 0 Å². The van der Waals surface area contributed by atoms with E-state index in [4.69, 9.17) is 9.78 Å². The van der Waals surface area contributed by atoms with E-state index < -0.39 is 0 Å². The summed E-state index contributed by atoms with van der Waals surface area (Å²) in [5, 5.41) is 0. The molecule has 0 saturated carbocycles. The Bertz CT molecular complexity index is 283. The van der Waals surface area contributed by atoms with E-state index in [0.717, 1.165) is 12.2 Å². The predicted octanol–water partition coefficient (Wildman–Crippen LogP) is 4.41. The molecule has 2 nitrogen and oxygen atoms in total. The van der Waals surface area contributed by atoms with Gasteiger partial charge in [-0.25, -0.2) is 0 Å². The maximum atomic E-state index is 5.17.